The molecule has 0 aliphatic carbocycles. The molecule has 0 bridgehead atoms. The van der Waals surface area contributed by atoms with Crippen LogP contribution in [-0.4, -0.2) is 12.5 Å². The van der Waals surface area contributed by atoms with Gasteiger partial charge in [0.15, 0.2) is 0 Å². The van der Waals surface area contributed by atoms with E-state index in [0.717, 1.165) is 17.2 Å². The maximum absolute atomic E-state index is 12.6. The van der Waals surface area contributed by atoms with Crippen LogP contribution in [0.1, 0.15) is 23.7 Å². The van der Waals surface area contributed by atoms with Crippen LogP contribution in [0.15, 0.2) is 75.9 Å². The monoisotopic (exact) mass is 373 g/mol. The zero-order chi connectivity index (χ0) is 19.5. The number of anilines is 1. The van der Waals surface area contributed by atoms with Gasteiger partial charge in [-0.1, -0.05) is 37.3 Å². The molecule has 0 unspecified atom stereocenters. The van der Waals surface area contributed by atoms with E-state index in [1.807, 2.05) is 43.3 Å². The SMILES string of the molecule is CCCOc1ccc2cc(C(=O)Nc3ccc4ccccc4c3)c(=O)oc2c1. The van der Waals surface area contributed by atoms with Gasteiger partial charge in [-0.2, -0.15) is 0 Å². The number of amides is 1. The average Bonchev–Trinajstić information content (AvgIpc) is 2.71. The quantitative estimate of drug-likeness (QED) is 0.501. The first kappa shape index (κ1) is 17.8. The molecule has 4 aromatic rings. The molecule has 28 heavy (non-hydrogen) atoms. The lowest BCUT2D eigenvalue weighted by molar-refractivity contribution is 0.102. The number of hydrogen-bond donors (Lipinski definition) is 1. The number of carbonyl (C=O) groups excluding carboxylic acids is 1. The molecule has 0 spiro atoms. The van der Waals surface area contributed by atoms with Gasteiger partial charge in [-0.3, -0.25) is 4.79 Å². The summed E-state index contributed by atoms with van der Waals surface area (Å²) in [6.45, 7) is 2.60. The van der Waals surface area contributed by atoms with Crippen LogP contribution >= 0.6 is 0 Å². The maximum atomic E-state index is 12.6. The number of nitrogens with one attached hydrogen (secondary N) is 1. The van der Waals surface area contributed by atoms with Gasteiger partial charge in [0.2, 0.25) is 0 Å². The highest BCUT2D eigenvalue weighted by Gasteiger charge is 2.14. The standard InChI is InChI=1S/C23H19NO4/c1-2-11-27-19-10-8-17-13-20(23(26)28-21(17)14-19)22(25)24-18-9-7-15-5-3-4-6-16(15)12-18/h3-10,12-14H,2,11H2,1H3,(H,24,25). The fraction of sp³-hybridized carbons (Fsp3) is 0.130. The smallest absolute Gasteiger partial charge is 0.349 e. The largest absolute Gasteiger partial charge is 0.493 e. The highest BCUT2D eigenvalue weighted by Crippen LogP contribution is 2.22. The molecule has 0 aliphatic heterocycles. The lowest BCUT2D eigenvalue weighted by Gasteiger charge is -2.08. The van der Waals surface area contributed by atoms with Gasteiger partial charge in [0, 0.05) is 17.1 Å². The number of rotatable bonds is 5. The zero-order valence-corrected chi connectivity index (χ0v) is 15.4. The van der Waals surface area contributed by atoms with Gasteiger partial charge in [0.25, 0.3) is 5.91 Å². The summed E-state index contributed by atoms with van der Waals surface area (Å²) in [6.07, 6.45) is 0.885. The van der Waals surface area contributed by atoms with E-state index in [9.17, 15) is 9.59 Å². The summed E-state index contributed by atoms with van der Waals surface area (Å²) in [5, 5.41) is 5.51. The summed E-state index contributed by atoms with van der Waals surface area (Å²) in [5.41, 5.74) is 0.286. The van der Waals surface area contributed by atoms with E-state index < -0.39 is 11.5 Å². The minimum Gasteiger partial charge on any atom is -0.493 e. The zero-order valence-electron chi connectivity index (χ0n) is 15.4. The van der Waals surface area contributed by atoms with Crippen molar-refractivity contribution in [2.45, 2.75) is 13.3 Å². The predicted molar refractivity (Wildman–Crippen MR) is 110 cm³/mol. The topological polar surface area (TPSA) is 68.5 Å². The second kappa shape index (κ2) is 7.56. The van der Waals surface area contributed by atoms with E-state index in [1.165, 1.54) is 0 Å². The molecule has 3 aromatic carbocycles. The summed E-state index contributed by atoms with van der Waals surface area (Å²) in [7, 11) is 0. The number of fused-ring (bicyclic) bond motifs is 2. The first-order valence-corrected chi connectivity index (χ1v) is 9.15. The summed E-state index contributed by atoms with van der Waals surface area (Å²) < 4.78 is 10.9. The molecular formula is C23H19NO4. The first-order valence-electron chi connectivity index (χ1n) is 9.15. The van der Waals surface area contributed by atoms with Crippen molar-refractivity contribution in [3.05, 3.63) is 82.7 Å². The van der Waals surface area contributed by atoms with Crippen LogP contribution in [0.4, 0.5) is 5.69 Å². The lowest BCUT2D eigenvalue weighted by atomic mass is 10.1. The molecule has 0 atom stereocenters. The van der Waals surface area contributed by atoms with Crippen molar-refractivity contribution in [3.8, 4) is 5.75 Å². The molecule has 1 heterocycles. The molecule has 5 heteroatoms. The van der Waals surface area contributed by atoms with Gasteiger partial charge in [0.05, 0.1) is 6.61 Å². The van der Waals surface area contributed by atoms with Crippen LogP contribution in [0.25, 0.3) is 21.7 Å². The molecule has 1 N–H and O–H groups in total. The second-order valence-corrected chi connectivity index (χ2v) is 6.51. The fourth-order valence-electron chi connectivity index (χ4n) is 3.03. The van der Waals surface area contributed by atoms with E-state index in [1.54, 1.807) is 30.3 Å². The van der Waals surface area contributed by atoms with Crippen LogP contribution in [-0.2, 0) is 0 Å². The van der Waals surface area contributed by atoms with E-state index in [0.29, 0.717) is 29.0 Å². The minimum absolute atomic E-state index is 0.0390. The Morgan fingerprint density at radius 3 is 2.57 bits per heavy atom. The highest BCUT2D eigenvalue weighted by molar-refractivity contribution is 6.06. The number of ether oxygens (including phenoxy) is 1. The molecule has 0 fully saturated rings. The van der Waals surface area contributed by atoms with Crippen LogP contribution in [0, 0.1) is 0 Å². The van der Waals surface area contributed by atoms with Crippen molar-refractivity contribution in [1.82, 2.24) is 0 Å². The van der Waals surface area contributed by atoms with Crippen LogP contribution < -0.4 is 15.7 Å². The molecule has 140 valence electrons. The third-order valence-electron chi connectivity index (χ3n) is 4.43. The molecule has 4 rings (SSSR count). The normalized spacial score (nSPS) is 10.9. The Labute approximate surface area is 161 Å². The Morgan fingerprint density at radius 2 is 1.75 bits per heavy atom. The van der Waals surface area contributed by atoms with E-state index in [2.05, 4.69) is 5.32 Å². The van der Waals surface area contributed by atoms with E-state index in [-0.39, 0.29) is 5.56 Å². The van der Waals surface area contributed by atoms with E-state index >= 15 is 0 Å². The Kier molecular flexibility index (Phi) is 4.81. The molecular weight excluding hydrogens is 354 g/mol. The van der Waals surface area contributed by atoms with E-state index in [4.69, 9.17) is 9.15 Å². The molecule has 0 aliphatic rings. The first-order chi connectivity index (χ1) is 13.6. The number of carbonyl (C=O) groups is 1. The van der Waals surface area contributed by atoms with Crippen molar-refractivity contribution in [2.24, 2.45) is 0 Å². The molecule has 5 nitrogen and oxygen atoms in total. The Hall–Kier alpha value is -3.60. The van der Waals surface area contributed by atoms with Crippen molar-refractivity contribution in [2.75, 3.05) is 11.9 Å². The summed E-state index contributed by atoms with van der Waals surface area (Å²) in [5.74, 6) is 0.128. The van der Waals surface area contributed by atoms with Gasteiger partial charge < -0.3 is 14.5 Å². The number of hydrogen-bond acceptors (Lipinski definition) is 4. The number of benzene rings is 3. The van der Waals surface area contributed by atoms with Crippen LogP contribution in [0.5, 0.6) is 5.75 Å². The highest BCUT2D eigenvalue weighted by atomic mass is 16.5. The average molecular weight is 373 g/mol. The third kappa shape index (κ3) is 3.60. The molecule has 1 amide bonds. The Morgan fingerprint density at radius 1 is 0.964 bits per heavy atom. The second-order valence-electron chi connectivity index (χ2n) is 6.51. The Balaban J connectivity index is 1.62. The fourth-order valence-corrected chi connectivity index (χ4v) is 3.03. The summed E-state index contributed by atoms with van der Waals surface area (Å²) >= 11 is 0. The van der Waals surface area contributed by atoms with Crippen molar-refractivity contribution in [1.29, 1.82) is 0 Å². The summed E-state index contributed by atoms with van der Waals surface area (Å²) in [6, 6.07) is 20.2. The molecule has 0 saturated heterocycles. The van der Waals surface area contributed by atoms with Gasteiger partial charge in [-0.25, -0.2) is 4.79 Å². The maximum Gasteiger partial charge on any atom is 0.349 e. The van der Waals surface area contributed by atoms with Crippen molar-refractivity contribution >= 4 is 33.3 Å². The molecule has 0 radical (unpaired) electrons. The predicted octanol–water partition coefficient (Wildman–Crippen LogP) is 4.99. The molecule has 0 saturated carbocycles. The molecule has 1 aromatic heterocycles. The van der Waals surface area contributed by atoms with Gasteiger partial charge in [-0.05, 0) is 47.5 Å². The van der Waals surface area contributed by atoms with Gasteiger partial charge >= 0.3 is 5.63 Å². The minimum atomic E-state index is -0.682. The van der Waals surface area contributed by atoms with Crippen LogP contribution in [0.2, 0.25) is 0 Å². The van der Waals surface area contributed by atoms with Crippen molar-refractivity contribution in [3.63, 3.8) is 0 Å². The Bertz CT molecular complexity index is 1230. The summed E-state index contributed by atoms with van der Waals surface area (Å²) in [4.78, 5) is 25.0. The van der Waals surface area contributed by atoms with Crippen molar-refractivity contribution < 1.29 is 13.9 Å². The lowest BCUT2D eigenvalue weighted by Crippen LogP contribution is -2.20. The third-order valence-corrected chi connectivity index (χ3v) is 4.43. The van der Waals surface area contributed by atoms with Gasteiger partial charge in [0.1, 0.15) is 16.9 Å². The van der Waals surface area contributed by atoms with Gasteiger partial charge in [-0.15, -0.1) is 0 Å². The van der Waals surface area contributed by atoms with Crippen LogP contribution in [0.3, 0.4) is 0 Å².